The van der Waals surface area contributed by atoms with E-state index in [9.17, 15) is 28.1 Å². The number of hydrogen-bond donors (Lipinski definition) is 1. The average Bonchev–Trinajstić information content (AvgIpc) is 3.29. The predicted molar refractivity (Wildman–Crippen MR) is 119 cm³/mol. The molecule has 0 bridgehead atoms. The van der Waals surface area contributed by atoms with Crippen molar-refractivity contribution in [2.24, 2.45) is 0 Å². The number of aromatic nitrogens is 3. The Morgan fingerprint density at radius 3 is 2.34 bits per heavy atom. The van der Waals surface area contributed by atoms with Gasteiger partial charge in [-0.3, -0.25) is 14.9 Å². The summed E-state index contributed by atoms with van der Waals surface area (Å²) in [5.74, 6) is -0.279. The van der Waals surface area contributed by atoms with Gasteiger partial charge in [-0.1, -0.05) is 18.2 Å². The Hall–Kier alpha value is -4.74. The molecule has 0 radical (unpaired) electrons. The average molecular weight is 483 g/mol. The zero-order valence-electron chi connectivity index (χ0n) is 18.0. The Kier molecular flexibility index (Phi) is 6.19. The molecule has 3 aromatic carbocycles. The molecule has 0 aliphatic carbocycles. The van der Waals surface area contributed by atoms with Crippen LogP contribution in [0.15, 0.2) is 72.8 Å². The Bertz CT molecular complexity index is 1380. The molecular weight excluding hydrogens is 467 g/mol. The van der Waals surface area contributed by atoms with Gasteiger partial charge in [-0.25, -0.2) is 4.68 Å². The molecule has 4 rings (SSSR count). The number of hydrogen-bond acceptors (Lipinski definition) is 6. The molecule has 1 aromatic heterocycles. The smallest absolute Gasteiger partial charge is 0.416 e. The van der Waals surface area contributed by atoms with E-state index >= 15 is 0 Å². The van der Waals surface area contributed by atoms with Gasteiger partial charge in [0.05, 0.1) is 23.3 Å². The molecule has 0 fully saturated rings. The zero-order chi connectivity index (χ0) is 25.2. The van der Waals surface area contributed by atoms with Crippen molar-refractivity contribution in [2.45, 2.75) is 6.18 Å². The van der Waals surface area contributed by atoms with Crippen LogP contribution in [0.25, 0.3) is 17.1 Å². The van der Waals surface area contributed by atoms with Crippen molar-refractivity contribution >= 4 is 17.3 Å². The monoisotopic (exact) mass is 483 g/mol. The van der Waals surface area contributed by atoms with Crippen molar-refractivity contribution in [2.75, 3.05) is 12.4 Å². The van der Waals surface area contributed by atoms with Gasteiger partial charge >= 0.3 is 12.2 Å². The predicted octanol–water partition coefficient (Wildman–Crippen LogP) is 5.12. The molecule has 0 unspecified atom stereocenters. The summed E-state index contributed by atoms with van der Waals surface area (Å²) in [6.45, 7) is 0. The van der Waals surface area contributed by atoms with Gasteiger partial charge in [-0.2, -0.15) is 18.2 Å². The number of benzene rings is 3. The quantitative estimate of drug-likeness (QED) is 0.301. The van der Waals surface area contributed by atoms with Crippen molar-refractivity contribution in [3.63, 3.8) is 0 Å². The molecule has 1 heterocycles. The van der Waals surface area contributed by atoms with Crippen LogP contribution < -0.4 is 10.1 Å². The summed E-state index contributed by atoms with van der Waals surface area (Å²) in [4.78, 5) is 27.0. The van der Waals surface area contributed by atoms with Gasteiger partial charge in [-0.15, -0.1) is 5.10 Å². The number of ether oxygens (including phenoxy) is 1. The lowest BCUT2D eigenvalue weighted by Gasteiger charge is -2.10. The number of carbonyl (C=O) groups is 1. The van der Waals surface area contributed by atoms with Crippen LogP contribution in [0, 0.1) is 10.1 Å². The Balaban J connectivity index is 1.59. The van der Waals surface area contributed by atoms with Gasteiger partial charge in [0.2, 0.25) is 0 Å². The van der Waals surface area contributed by atoms with Crippen LogP contribution in [-0.2, 0) is 6.18 Å². The third-order valence-corrected chi connectivity index (χ3v) is 4.93. The van der Waals surface area contributed by atoms with Crippen LogP contribution in [0.1, 0.15) is 15.9 Å². The second-order valence-electron chi connectivity index (χ2n) is 7.22. The first-order valence-electron chi connectivity index (χ1n) is 10.0. The highest BCUT2D eigenvalue weighted by Gasteiger charge is 2.30. The summed E-state index contributed by atoms with van der Waals surface area (Å²) >= 11 is 0. The molecule has 1 amide bonds. The highest BCUT2D eigenvalue weighted by Crippen LogP contribution is 2.31. The summed E-state index contributed by atoms with van der Waals surface area (Å²) in [6.07, 6.45) is -4.46. The van der Waals surface area contributed by atoms with E-state index in [2.05, 4.69) is 15.4 Å². The lowest BCUT2D eigenvalue weighted by Crippen LogP contribution is -2.12. The number of carbonyl (C=O) groups excluding carboxylic acids is 1. The van der Waals surface area contributed by atoms with E-state index in [0.717, 1.165) is 12.1 Å². The number of nitro benzene ring substituents is 1. The SMILES string of the molecule is COc1nc(-c2ccc(C(F)(F)F)cc2)n(-c2ccc(NC(=O)c3cccc([N+](=O)[O-])c3)cc2)n1. The molecule has 35 heavy (non-hydrogen) atoms. The molecule has 0 saturated carbocycles. The number of non-ortho nitro benzene ring substituents is 1. The minimum atomic E-state index is -4.46. The van der Waals surface area contributed by atoms with E-state index < -0.39 is 22.6 Å². The minimum absolute atomic E-state index is 0.0166. The van der Waals surface area contributed by atoms with Crippen molar-refractivity contribution in [3.05, 3.63) is 94.0 Å². The number of nitrogens with one attached hydrogen (secondary N) is 1. The number of alkyl halides is 3. The Labute approximate surface area is 195 Å². The molecule has 12 heteroatoms. The number of amides is 1. The third kappa shape index (κ3) is 5.11. The topological polar surface area (TPSA) is 112 Å². The Morgan fingerprint density at radius 1 is 1.06 bits per heavy atom. The maximum Gasteiger partial charge on any atom is 0.416 e. The highest BCUT2D eigenvalue weighted by molar-refractivity contribution is 6.04. The summed E-state index contributed by atoms with van der Waals surface area (Å²) in [7, 11) is 1.36. The molecule has 0 spiro atoms. The van der Waals surface area contributed by atoms with E-state index in [0.29, 0.717) is 16.9 Å². The van der Waals surface area contributed by atoms with Gasteiger partial charge in [0.25, 0.3) is 11.6 Å². The molecule has 9 nitrogen and oxygen atoms in total. The number of rotatable bonds is 6. The number of anilines is 1. The van der Waals surface area contributed by atoms with E-state index in [1.807, 2.05) is 0 Å². The maximum absolute atomic E-state index is 12.9. The molecule has 4 aromatic rings. The van der Waals surface area contributed by atoms with Crippen LogP contribution >= 0.6 is 0 Å². The molecule has 0 atom stereocenters. The van der Waals surface area contributed by atoms with Crippen molar-refractivity contribution in [3.8, 4) is 23.1 Å². The van der Waals surface area contributed by atoms with Gasteiger partial charge in [0.1, 0.15) is 0 Å². The lowest BCUT2D eigenvalue weighted by atomic mass is 10.1. The van der Waals surface area contributed by atoms with Crippen LogP contribution in [0.3, 0.4) is 0 Å². The van der Waals surface area contributed by atoms with E-state index in [4.69, 9.17) is 4.74 Å². The minimum Gasteiger partial charge on any atom is -0.466 e. The largest absolute Gasteiger partial charge is 0.466 e. The molecule has 178 valence electrons. The first-order valence-corrected chi connectivity index (χ1v) is 10.0. The summed E-state index contributed by atoms with van der Waals surface area (Å²) in [5.41, 5.74) is 0.426. The van der Waals surface area contributed by atoms with E-state index in [-0.39, 0.29) is 23.1 Å². The van der Waals surface area contributed by atoms with Gasteiger partial charge in [0.15, 0.2) is 5.82 Å². The fourth-order valence-corrected chi connectivity index (χ4v) is 3.20. The second kappa shape index (κ2) is 9.25. The number of nitrogens with zero attached hydrogens (tertiary/aromatic N) is 4. The van der Waals surface area contributed by atoms with Crippen molar-refractivity contribution in [1.29, 1.82) is 0 Å². The number of halogens is 3. The standard InChI is InChI=1S/C23H16F3N5O4/c1-35-22-28-20(14-5-7-16(8-6-14)23(24,25)26)30(29-22)18-11-9-17(10-12-18)27-21(32)15-3-2-4-19(13-15)31(33)34/h2-13H,1H3,(H,27,32). The molecule has 0 aliphatic heterocycles. The lowest BCUT2D eigenvalue weighted by molar-refractivity contribution is -0.384. The maximum atomic E-state index is 12.9. The van der Waals surface area contributed by atoms with Gasteiger partial charge in [0, 0.05) is 28.9 Å². The Morgan fingerprint density at radius 2 is 1.74 bits per heavy atom. The fourth-order valence-electron chi connectivity index (χ4n) is 3.20. The molecule has 1 N–H and O–H groups in total. The number of methoxy groups -OCH3 is 1. The molecular formula is C23H16F3N5O4. The first-order chi connectivity index (χ1) is 16.7. The van der Waals surface area contributed by atoms with E-state index in [1.165, 1.54) is 48.2 Å². The molecule has 0 saturated heterocycles. The summed E-state index contributed by atoms with van der Waals surface area (Å²) in [6, 6.07) is 16.2. The van der Waals surface area contributed by atoms with Crippen LogP contribution in [0.2, 0.25) is 0 Å². The van der Waals surface area contributed by atoms with Gasteiger partial charge < -0.3 is 10.1 Å². The normalized spacial score (nSPS) is 11.2. The van der Waals surface area contributed by atoms with Crippen LogP contribution in [-0.4, -0.2) is 32.7 Å². The van der Waals surface area contributed by atoms with Crippen molar-refractivity contribution < 1.29 is 27.6 Å². The summed E-state index contributed by atoms with van der Waals surface area (Å²) in [5, 5.41) is 17.8. The third-order valence-electron chi connectivity index (χ3n) is 4.93. The zero-order valence-corrected chi connectivity index (χ0v) is 18.0. The van der Waals surface area contributed by atoms with E-state index in [1.54, 1.807) is 24.3 Å². The van der Waals surface area contributed by atoms with Crippen molar-refractivity contribution in [1.82, 2.24) is 14.8 Å². The number of nitro groups is 1. The first kappa shape index (κ1) is 23.4. The highest BCUT2D eigenvalue weighted by atomic mass is 19.4. The van der Waals surface area contributed by atoms with Crippen LogP contribution in [0.4, 0.5) is 24.5 Å². The van der Waals surface area contributed by atoms with Crippen LogP contribution in [0.5, 0.6) is 6.01 Å². The molecule has 0 aliphatic rings. The second-order valence-corrected chi connectivity index (χ2v) is 7.22. The summed E-state index contributed by atoms with van der Waals surface area (Å²) < 4.78 is 45.2. The van der Waals surface area contributed by atoms with Gasteiger partial charge in [-0.05, 0) is 42.5 Å². The fraction of sp³-hybridized carbons (Fsp3) is 0.0870.